The molecule has 0 amide bonds. The third kappa shape index (κ3) is 4.57. The lowest BCUT2D eigenvalue weighted by molar-refractivity contribution is 0.105. The van der Waals surface area contributed by atoms with Gasteiger partial charge in [0.25, 0.3) is 0 Å². The van der Waals surface area contributed by atoms with E-state index in [-0.39, 0.29) is 11.2 Å². The first-order valence-electron chi connectivity index (χ1n) is 8.04. The number of hydrogen-bond donors (Lipinski definition) is 0. The monoisotopic (exact) mass is 304 g/mol. The lowest BCUT2D eigenvalue weighted by Gasteiger charge is -2.18. The minimum atomic E-state index is -0.139. The highest BCUT2D eigenvalue weighted by Crippen LogP contribution is 2.22. The average Bonchev–Trinajstić information content (AvgIpc) is 2.52. The summed E-state index contributed by atoms with van der Waals surface area (Å²) in [6.07, 6.45) is 0. The van der Waals surface area contributed by atoms with E-state index in [9.17, 15) is 4.79 Å². The third-order valence-corrected chi connectivity index (χ3v) is 3.91. The molecule has 0 unspecified atom stereocenters. The highest BCUT2D eigenvalue weighted by molar-refractivity contribution is 6.09. The second-order valence-electron chi connectivity index (χ2n) is 7.18. The topological polar surface area (TPSA) is 17.1 Å². The molecule has 0 aliphatic heterocycles. The first-order chi connectivity index (χ1) is 10.8. The molecule has 0 bridgehead atoms. The second-order valence-corrected chi connectivity index (χ2v) is 7.18. The van der Waals surface area contributed by atoms with Crippen molar-refractivity contribution in [1.82, 2.24) is 0 Å². The minimum Gasteiger partial charge on any atom is -0.279 e. The van der Waals surface area contributed by atoms with Gasteiger partial charge in [-0.1, -0.05) is 76.9 Å². The summed E-state index contributed by atoms with van der Waals surface area (Å²) in [6.45, 7) is 10.8. The van der Waals surface area contributed by atoms with Gasteiger partial charge in [0.2, 0.25) is 5.78 Å². The van der Waals surface area contributed by atoms with Crippen molar-refractivity contribution in [3.05, 3.63) is 70.8 Å². The van der Waals surface area contributed by atoms with Crippen LogP contribution < -0.4 is 0 Å². The van der Waals surface area contributed by atoms with Crippen LogP contribution in [0.3, 0.4) is 0 Å². The maximum atomic E-state index is 12.2. The van der Waals surface area contributed by atoms with Gasteiger partial charge in [-0.25, -0.2) is 0 Å². The van der Waals surface area contributed by atoms with E-state index in [0.717, 1.165) is 5.56 Å². The average molecular weight is 304 g/mol. The number of rotatable bonds is 2. The van der Waals surface area contributed by atoms with Gasteiger partial charge in [0, 0.05) is 11.1 Å². The smallest absolute Gasteiger partial charge is 0.236 e. The number of carbonyl (C=O) groups is 1. The van der Waals surface area contributed by atoms with Crippen LogP contribution in [0.4, 0.5) is 0 Å². The van der Waals surface area contributed by atoms with E-state index in [1.54, 1.807) is 0 Å². The number of hydrogen-bond acceptors (Lipinski definition) is 1. The van der Waals surface area contributed by atoms with Crippen LogP contribution in [0.1, 0.15) is 67.6 Å². The third-order valence-electron chi connectivity index (χ3n) is 3.91. The largest absolute Gasteiger partial charge is 0.279 e. The number of carbonyl (C=O) groups excluding carboxylic acids is 1. The Morgan fingerprint density at radius 3 is 1.96 bits per heavy atom. The zero-order valence-corrected chi connectivity index (χ0v) is 14.6. The molecule has 0 saturated carbocycles. The van der Waals surface area contributed by atoms with E-state index in [4.69, 9.17) is 0 Å². The molecule has 0 saturated heterocycles. The standard InChI is InChI=1S/C22H24O/c1-16(2)18-9-11-19(12-10-18)21(23)15-8-17-6-13-20(14-7-17)22(3,4)5/h6-7,9-14,16H,1-5H3. The zero-order chi connectivity index (χ0) is 17.0. The molecule has 0 heterocycles. The summed E-state index contributed by atoms with van der Waals surface area (Å²) in [7, 11) is 0. The van der Waals surface area contributed by atoms with E-state index in [1.165, 1.54) is 11.1 Å². The van der Waals surface area contributed by atoms with Gasteiger partial charge in [-0.2, -0.15) is 0 Å². The Morgan fingerprint density at radius 2 is 1.48 bits per heavy atom. The Bertz CT molecular complexity index is 730. The normalized spacial score (nSPS) is 11.0. The molecule has 0 aliphatic carbocycles. The van der Waals surface area contributed by atoms with Gasteiger partial charge in [0.15, 0.2) is 0 Å². The lowest BCUT2D eigenvalue weighted by Crippen LogP contribution is -2.10. The summed E-state index contributed by atoms with van der Waals surface area (Å²) in [5.41, 5.74) is 4.13. The van der Waals surface area contributed by atoms with Crippen molar-refractivity contribution in [2.24, 2.45) is 0 Å². The molecule has 2 rings (SSSR count). The molecule has 1 heteroatoms. The molecule has 0 atom stereocenters. The maximum absolute atomic E-state index is 12.2. The number of Topliss-reactive ketones (excluding diaryl/α,β-unsaturated/α-hetero) is 1. The Morgan fingerprint density at radius 1 is 0.913 bits per heavy atom. The highest BCUT2D eigenvalue weighted by atomic mass is 16.1. The molecule has 2 aromatic rings. The summed E-state index contributed by atoms with van der Waals surface area (Å²) in [4.78, 5) is 12.2. The first-order valence-corrected chi connectivity index (χ1v) is 8.04. The van der Waals surface area contributed by atoms with Crippen LogP contribution in [-0.4, -0.2) is 5.78 Å². The molecule has 1 nitrogen and oxygen atoms in total. The van der Waals surface area contributed by atoms with Gasteiger partial charge in [0.05, 0.1) is 0 Å². The molecule has 0 aliphatic rings. The molecule has 0 radical (unpaired) electrons. The van der Waals surface area contributed by atoms with Gasteiger partial charge in [0.1, 0.15) is 0 Å². The Balaban J connectivity index is 2.13. The quantitative estimate of drug-likeness (QED) is 0.540. The van der Waals surface area contributed by atoms with Crippen molar-refractivity contribution in [1.29, 1.82) is 0 Å². The first kappa shape index (κ1) is 17.0. The van der Waals surface area contributed by atoms with E-state index in [2.05, 4.69) is 58.6 Å². The SMILES string of the molecule is CC(C)c1ccc(C(=O)C#Cc2ccc(C(C)(C)C)cc2)cc1. The summed E-state index contributed by atoms with van der Waals surface area (Å²) >= 11 is 0. The second kappa shape index (κ2) is 6.84. The molecule has 2 aromatic carbocycles. The molecule has 0 spiro atoms. The Hall–Kier alpha value is -2.33. The van der Waals surface area contributed by atoms with E-state index in [0.29, 0.717) is 11.5 Å². The summed E-state index contributed by atoms with van der Waals surface area (Å²) in [5.74, 6) is 6.02. The number of benzene rings is 2. The van der Waals surface area contributed by atoms with Crippen molar-refractivity contribution >= 4 is 5.78 Å². The van der Waals surface area contributed by atoms with Crippen molar-refractivity contribution in [2.45, 2.75) is 46.0 Å². The van der Waals surface area contributed by atoms with Gasteiger partial charge >= 0.3 is 0 Å². The van der Waals surface area contributed by atoms with Gasteiger partial charge in [-0.3, -0.25) is 4.79 Å². The molecular weight excluding hydrogens is 280 g/mol. The predicted octanol–water partition coefficient (Wildman–Crippen LogP) is 5.34. The van der Waals surface area contributed by atoms with E-state index < -0.39 is 0 Å². The van der Waals surface area contributed by atoms with Crippen LogP contribution in [0.5, 0.6) is 0 Å². The molecule has 118 valence electrons. The highest BCUT2D eigenvalue weighted by Gasteiger charge is 2.12. The van der Waals surface area contributed by atoms with E-state index >= 15 is 0 Å². The predicted molar refractivity (Wildman–Crippen MR) is 96.9 cm³/mol. The van der Waals surface area contributed by atoms with Crippen LogP contribution >= 0.6 is 0 Å². The Labute approximate surface area is 139 Å². The Kier molecular flexibility index (Phi) is 5.06. The molecule has 23 heavy (non-hydrogen) atoms. The van der Waals surface area contributed by atoms with Crippen LogP contribution in [0, 0.1) is 11.8 Å². The fourth-order valence-electron chi connectivity index (χ4n) is 2.27. The van der Waals surface area contributed by atoms with Crippen LogP contribution in [0.15, 0.2) is 48.5 Å². The van der Waals surface area contributed by atoms with Crippen molar-refractivity contribution in [2.75, 3.05) is 0 Å². The molecule has 0 fully saturated rings. The van der Waals surface area contributed by atoms with Gasteiger partial charge < -0.3 is 0 Å². The fourth-order valence-corrected chi connectivity index (χ4v) is 2.27. The summed E-state index contributed by atoms with van der Waals surface area (Å²) in [5, 5.41) is 0. The minimum absolute atomic E-state index is 0.125. The molecule has 0 N–H and O–H groups in total. The van der Waals surface area contributed by atoms with Crippen LogP contribution in [-0.2, 0) is 5.41 Å². The summed E-state index contributed by atoms with van der Waals surface area (Å²) in [6, 6.07) is 15.8. The van der Waals surface area contributed by atoms with Crippen molar-refractivity contribution in [3.8, 4) is 11.8 Å². The lowest BCUT2D eigenvalue weighted by atomic mass is 9.87. The van der Waals surface area contributed by atoms with Crippen molar-refractivity contribution in [3.63, 3.8) is 0 Å². The summed E-state index contributed by atoms with van der Waals surface area (Å²) < 4.78 is 0. The van der Waals surface area contributed by atoms with Gasteiger partial charge in [-0.15, -0.1) is 0 Å². The van der Waals surface area contributed by atoms with Crippen molar-refractivity contribution < 1.29 is 4.79 Å². The van der Waals surface area contributed by atoms with Crippen LogP contribution in [0.25, 0.3) is 0 Å². The molecule has 0 aromatic heterocycles. The van der Waals surface area contributed by atoms with E-state index in [1.807, 2.05) is 36.4 Å². The zero-order valence-electron chi connectivity index (χ0n) is 14.6. The number of ketones is 1. The molecular formula is C22H24O. The van der Waals surface area contributed by atoms with Crippen LogP contribution in [0.2, 0.25) is 0 Å². The fraction of sp³-hybridized carbons (Fsp3) is 0.318. The van der Waals surface area contributed by atoms with Gasteiger partial charge in [-0.05, 0) is 40.5 Å². The maximum Gasteiger partial charge on any atom is 0.236 e.